The van der Waals surface area contributed by atoms with Crippen molar-refractivity contribution < 1.29 is 4.79 Å². The van der Waals surface area contributed by atoms with Crippen LogP contribution in [0.5, 0.6) is 0 Å². The molecular formula is C35H33N3O2S. The number of hydrogen-bond acceptors (Lipinski definition) is 4. The van der Waals surface area contributed by atoms with Gasteiger partial charge < -0.3 is 5.32 Å². The Hall–Kier alpha value is -4.42. The van der Waals surface area contributed by atoms with Crippen LogP contribution in [0.2, 0.25) is 0 Å². The van der Waals surface area contributed by atoms with Gasteiger partial charge in [0.1, 0.15) is 0 Å². The third-order valence-corrected chi connectivity index (χ3v) is 8.26. The van der Waals surface area contributed by atoms with Gasteiger partial charge in [0.25, 0.3) is 11.5 Å². The molecule has 1 heterocycles. The first-order chi connectivity index (χ1) is 20.0. The maximum atomic E-state index is 13.7. The molecule has 0 radical (unpaired) electrons. The lowest BCUT2D eigenvalue weighted by molar-refractivity contribution is 0.0936. The van der Waals surface area contributed by atoms with E-state index < -0.39 is 0 Å². The largest absolute Gasteiger partial charge is 0.345 e. The molecule has 1 N–H and O–H groups in total. The standard InChI is InChI=1S/C35H33N3O2S/c1-25-31(22-26-14-6-3-7-15-26)34(40)38(2)35(36-25)41-24-29-20-12-13-21-30(29)33(39)37-32(28-18-10-5-11-19-28)23-27-16-8-4-9-17-27/h3-21,32H,22-24H2,1-2H3,(H,37,39). The normalized spacial score (nSPS) is 11.7. The SMILES string of the molecule is Cc1nc(SCc2ccccc2C(=O)NC(Cc2ccccc2)c2ccccc2)n(C)c(=O)c1Cc1ccccc1. The van der Waals surface area contributed by atoms with E-state index in [1.165, 1.54) is 11.8 Å². The maximum Gasteiger partial charge on any atom is 0.257 e. The monoisotopic (exact) mass is 559 g/mol. The number of nitrogens with one attached hydrogen (secondary N) is 1. The van der Waals surface area contributed by atoms with Crippen molar-refractivity contribution in [2.75, 3.05) is 0 Å². The Morgan fingerprint density at radius 2 is 1.41 bits per heavy atom. The van der Waals surface area contributed by atoms with E-state index >= 15 is 0 Å². The number of rotatable bonds is 10. The highest BCUT2D eigenvalue weighted by Gasteiger charge is 2.19. The number of hydrogen-bond donors (Lipinski definition) is 1. The minimum absolute atomic E-state index is 0.0403. The summed E-state index contributed by atoms with van der Waals surface area (Å²) in [6.07, 6.45) is 1.24. The Labute approximate surface area is 245 Å². The molecule has 6 heteroatoms. The van der Waals surface area contributed by atoms with Crippen molar-refractivity contribution in [2.45, 2.75) is 36.7 Å². The first kappa shape index (κ1) is 28.1. The summed E-state index contributed by atoms with van der Waals surface area (Å²) in [5, 5.41) is 3.91. The van der Waals surface area contributed by atoms with Crippen LogP contribution in [0.4, 0.5) is 0 Å². The molecular weight excluding hydrogens is 526 g/mol. The topological polar surface area (TPSA) is 64.0 Å². The number of nitrogens with zero attached hydrogens (tertiary/aromatic N) is 2. The van der Waals surface area contributed by atoms with Crippen molar-refractivity contribution in [3.05, 3.63) is 165 Å². The van der Waals surface area contributed by atoms with Crippen LogP contribution < -0.4 is 10.9 Å². The fourth-order valence-corrected chi connectivity index (χ4v) is 5.91. The lowest BCUT2D eigenvalue weighted by Gasteiger charge is -2.21. The van der Waals surface area contributed by atoms with Gasteiger partial charge >= 0.3 is 0 Å². The molecule has 0 aliphatic rings. The van der Waals surface area contributed by atoms with Gasteiger partial charge in [-0.05, 0) is 41.7 Å². The third-order valence-electron chi connectivity index (χ3n) is 7.18. The Kier molecular flexibility index (Phi) is 9.12. The Balaban J connectivity index is 1.34. The zero-order valence-electron chi connectivity index (χ0n) is 23.3. The number of aryl methyl sites for hydroxylation is 1. The molecule has 5 rings (SSSR count). The average Bonchev–Trinajstić information content (AvgIpc) is 3.01. The molecule has 5 aromatic rings. The van der Waals surface area contributed by atoms with E-state index in [-0.39, 0.29) is 17.5 Å². The fourth-order valence-electron chi connectivity index (χ4n) is 4.90. The molecule has 0 bridgehead atoms. The van der Waals surface area contributed by atoms with Crippen LogP contribution in [0.15, 0.2) is 125 Å². The van der Waals surface area contributed by atoms with E-state index in [2.05, 4.69) is 17.4 Å². The van der Waals surface area contributed by atoms with Crippen LogP contribution in [-0.2, 0) is 25.6 Å². The summed E-state index contributed by atoms with van der Waals surface area (Å²) >= 11 is 1.46. The molecule has 41 heavy (non-hydrogen) atoms. The van der Waals surface area contributed by atoms with E-state index in [9.17, 15) is 9.59 Å². The predicted octanol–water partition coefficient (Wildman–Crippen LogP) is 6.69. The van der Waals surface area contributed by atoms with Gasteiger partial charge in [-0.25, -0.2) is 4.98 Å². The quantitative estimate of drug-likeness (QED) is 0.153. The maximum absolute atomic E-state index is 13.7. The van der Waals surface area contributed by atoms with Crippen molar-refractivity contribution in [2.24, 2.45) is 7.05 Å². The smallest absolute Gasteiger partial charge is 0.257 e. The highest BCUT2D eigenvalue weighted by Crippen LogP contribution is 2.25. The van der Waals surface area contributed by atoms with Crippen LogP contribution in [0.3, 0.4) is 0 Å². The molecule has 0 saturated carbocycles. The second kappa shape index (κ2) is 13.3. The molecule has 1 aromatic heterocycles. The van der Waals surface area contributed by atoms with Gasteiger partial charge in [0, 0.05) is 36.0 Å². The fraction of sp³-hybridized carbons (Fsp3) is 0.171. The summed E-state index contributed by atoms with van der Waals surface area (Å²) in [7, 11) is 1.76. The van der Waals surface area contributed by atoms with E-state index in [4.69, 9.17) is 4.98 Å². The second-order valence-corrected chi connectivity index (χ2v) is 11.0. The van der Waals surface area contributed by atoms with Gasteiger partial charge in [0.15, 0.2) is 5.16 Å². The van der Waals surface area contributed by atoms with Gasteiger partial charge in [0.2, 0.25) is 0 Å². The molecule has 1 atom stereocenters. The zero-order chi connectivity index (χ0) is 28.6. The van der Waals surface area contributed by atoms with Gasteiger partial charge in [-0.1, -0.05) is 121 Å². The molecule has 0 fully saturated rings. The first-order valence-corrected chi connectivity index (χ1v) is 14.7. The summed E-state index contributed by atoms with van der Waals surface area (Å²) in [6.45, 7) is 1.89. The van der Waals surface area contributed by atoms with Crippen LogP contribution in [0.25, 0.3) is 0 Å². The van der Waals surface area contributed by atoms with E-state index in [0.717, 1.165) is 27.9 Å². The molecule has 206 valence electrons. The van der Waals surface area contributed by atoms with Crippen molar-refractivity contribution in [1.82, 2.24) is 14.9 Å². The number of thioether (sulfide) groups is 1. The minimum atomic E-state index is -0.172. The summed E-state index contributed by atoms with van der Waals surface area (Å²) < 4.78 is 1.61. The van der Waals surface area contributed by atoms with Crippen molar-refractivity contribution >= 4 is 17.7 Å². The van der Waals surface area contributed by atoms with Gasteiger partial charge in [-0.2, -0.15) is 0 Å². The molecule has 1 amide bonds. The Morgan fingerprint density at radius 1 is 0.829 bits per heavy atom. The second-order valence-electron chi connectivity index (χ2n) is 10.1. The molecule has 0 aliphatic heterocycles. The zero-order valence-corrected chi connectivity index (χ0v) is 24.1. The lowest BCUT2D eigenvalue weighted by Crippen LogP contribution is -2.30. The number of aromatic nitrogens is 2. The number of carbonyl (C=O) groups excluding carboxylic acids is 1. The summed E-state index contributed by atoms with van der Waals surface area (Å²) in [6, 6.07) is 37.7. The minimum Gasteiger partial charge on any atom is -0.345 e. The first-order valence-electron chi connectivity index (χ1n) is 13.7. The Bertz CT molecular complexity index is 1670. The van der Waals surface area contributed by atoms with Crippen LogP contribution in [-0.4, -0.2) is 15.5 Å². The van der Waals surface area contributed by atoms with E-state index in [1.54, 1.807) is 11.6 Å². The number of carbonyl (C=O) groups is 1. The van der Waals surface area contributed by atoms with Crippen LogP contribution in [0, 0.1) is 6.92 Å². The van der Waals surface area contributed by atoms with Crippen molar-refractivity contribution in [1.29, 1.82) is 0 Å². The van der Waals surface area contributed by atoms with E-state index in [0.29, 0.717) is 34.9 Å². The molecule has 0 spiro atoms. The van der Waals surface area contributed by atoms with Crippen molar-refractivity contribution in [3.63, 3.8) is 0 Å². The van der Waals surface area contributed by atoms with Crippen LogP contribution in [0.1, 0.15) is 49.9 Å². The number of benzene rings is 4. The lowest BCUT2D eigenvalue weighted by atomic mass is 9.98. The molecule has 5 nitrogen and oxygen atoms in total. The Morgan fingerprint density at radius 3 is 2.10 bits per heavy atom. The molecule has 1 unspecified atom stereocenters. The van der Waals surface area contributed by atoms with Crippen LogP contribution >= 0.6 is 11.8 Å². The van der Waals surface area contributed by atoms with Gasteiger partial charge in [-0.15, -0.1) is 0 Å². The van der Waals surface area contributed by atoms with Crippen molar-refractivity contribution in [3.8, 4) is 0 Å². The highest BCUT2D eigenvalue weighted by atomic mass is 32.2. The highest BCUT2D eigenvalue weighted by molar-refractivity contribution is 7.98. The average molecular weight is 560 g/mol. The molecule has 0 aliphatic carbocycles. The van der Waals surface area contributed by atoms with Gasteiger partial charge in [-0.3, -0.25) is 14.2 Å². The molecule has 0 saturated heterocycles. The third kappa shape index (κ3) is 7.02. The van der Waals surface area contributed by atoms with E-state index in [1.807, 2.05) is 110 Å². The predicted molar refractivity (Wildman–Crippen MR) is 166 cm³/mol. The summed E-state index contributed by atoms with van der Waals surface area (Å²) in [5.41, 5.74) is 6.20. The summed E-state index contributed by atoms with van der Waals surface area (Å²) in [5.74, 6) is 0.387. The number of amides is 1. The molecule has 4 aromatic carbocycles. The summed E-state index contributed by atoms with van der Waals surface area (Å²) in [4.78, 5) is 31.7. The van der Waals surface area contributed by atoms with Gasteiger partial charge in [0.05, 0.1) is 6.04 Å².